The quantitative estimate of drug-likeness (QED) is 0.842. The Labute approximate surface area is 129 Å². The number of hydrogen-bond donors (Lipinski definition) is 1. The number of amides is 1. The average Bonchev–Trinajstić information content (AvgIpc) is 2.46. The summed E-state index contributed by atoms with van der Waals surface area (Å²) in [7, 11) is 0.336. The van der Waals surface area contributed by atoms with Gasteiger partial charge in [-0.15, -0.1) is 0 Å². The molecule has 1 aromatic rings. The molecule has 0 saturated heterocycles. The third kappa shape index (κ3) is 5.50. The summed E-state index contributed by atoms with van der Waals surface area (Å²) in [6, 6.07) is 7.43. The summed E-state index contributed by atoms with van der Waals surface area (Å²) in [4.78, 5) is 12.1. The van der Waals surface area contributed by atoms with Crippen molar-refractivity contribution >= 4 is 16.7 Å². The highest BCUT2D eigenvalue weighted by atomic mass is 32.2. The van der Waals surface area contributed by atoms with Gasteiger partial charge in [0, 0.05) is 22.1 Å². The van der Waals surface area contributed by atoms with E-state index in [2.05, 4.69) is 5.32 Å². The van der Waals surface area contributed by atoms with Gasteiger partial charge in [-0.3, -0.25) is 9.00 Å². The van der Waals surface area contributed by atoms with Gasteiger partial charge in [0.1, 0.15) is 11.0 Å². The van der Waals surface area contributed by atoms with Crippen molar-refractivity contribution in [1.29, 1.82) is 0 Å². The molecule has 0 bridgehead atoms. The van der Waals surface area contributed by atoms with Crippen LogP contribution >= 0.6 is 0 Å². The van der Waals surface area contributed by atoms with Crippen LogP contribution in [0.4, 0.5) is 0 Å². The Morgan fingerprint density at radius 3 is 2.67 bits per heavy atom. The molecule has 1 amide bonds. The number of rotatable bonds is 7. The van der Waals surface area contributed by atoms with Gasteiger partial charge in [-0.25, -0.2) is 0 Å². The van der Waals surface area contributed by atoms with Gasteiger partial charge in [0.05, 0.1) is 7.11 Å². The van der Waals surface area contributed by atoms with Gasteiger partial charge in [-0.05, 0) is 44.9 Å². The van der Waals surface area contributed by atoms with Crippen molar-refractivity contribution in [2.75, 3.05) is 7.11 Å². The second-order valence-electron chi connectivity index (χ2n) is 5.75. The Kier molecular flexibility index (Phi) is 6.40. The van der Waals surface area contributed by atoms with Crippen molar-refractivity contribution in [2.45, 2.75) is 50.7 Å². The number of nitrogens with one attached hydrogen (secondary N) is 1. The molecule has 4 nitrogen and oxygen atoms in total. The molecule has 2 atom stereocenters. The zero-order valence-electron chi connectivity index (χ0n) is 13.4. The van der Waals surface area contributed by atoms with Gasteiger partial charge in [0.15, 0.2) is 0 Å². The number of ether oxygens (including phenoxy) is 1. The minimum absolute atomic E-state index is 0.164. The Bertz CT molecular complexity index is 514. The fourth-order valence-corrected chi connectivity index (χ4v) is 2.75. The predicted octanol–water partition coefficient (Wildman–Crippen LogP) is 2.64. The van der Waals surface area contributed by atoms with Gasteiger partial charge in [-0.1, -0.05) is 19.1 Å². The molecule has 1 rings (SSSR count). The standard InChI is InChI=1S/C16H25NO3S/c1-6-16(3,4)17-15(18)12(2)21(19)11-13-8-7-9-14(10-13)20-5/h7-10,12H,6,11H2,1-5H3,(H,17,18)/t12-,21-/m1/s1. The fraction of sp³-hybridized carbons (Fsp3) is 0.562. The van der Waals surface area contributed by atoms with Crippen molar-refractivity contribution in [3.63, 3.8) is 0 Å². The van der Waals surface area contributed by atoms with E-state index in [1.807, 2.05) is 45.0 Å². The van der Waals surface area contributed by atoms with Gasteiger partial charge in [-0.2, -0.15) is 0 Å². The average molecular weight is 311 g/mol. The normalized spacial score (nSPS) is 14.3. The molecule has 0 fully saturated rings. The lowest BCUT2D eigenvalue weighted by atomic mass is 10.0. The SMILES string of the molecule is CCC(C)(C)NC(=O)[C@@H](C)[S@](=O)Cc1cccc(OC)c1. The molecule has 5 heteroatoms. The van der Waals surface area contributed by atoms with Crippen molar-refractivity contribution in [2.24, 2.45) is 0 Å². The highest BCUT2D eigenvalue weighted by Gasteiger charge is 2.25. The van der Waals surface area contributed by atoms with Crippen LogP contribution < -0.4 is 10.1 Å². The summed E-state index contributed by atoms with van der Waals surface area (Å²) in [5.41, 5.74) is 0.632. The Hall–Kier alpha value is -1.36. The van der Waals surface area contributed by atoms with E-state index in [1.54, 1.807) is 14.0 Å². The van der Waals surface area contributed by atoms with Crippen LogP contribution in [0.1, 0.15) is 39.7 Å². The van der Waals surface area contributed by atoms with E-state index >= 15 is 0 Å². The number of carbonyl (C=O) groups is 1. The number of methoxy groups -OCH3 is 1. The molecule has 0 unspecified atom stereocenters. The summed E-state index contributed by atoms with van der Waals surface area (Å²) >= 11 is 0. The van der Waals surface area contributed by atoms with E-state index < -0.39 is 16.0 Å². The smallest absolute Gasteiger partial charge is 0.235 e. The highest BCUT2D eigenvalue weighted by molar-refractivity contribution is 7.85. The number of carbonyl (C=O) groups excluding carboxylic acids is 1. The number of benzene rings is 1. The third-order valence-electron chi connectivity index (χ3n) is 3.55. The molecule has 0 spiro atoms. The molecule has 21 heavy (non-hydrogen) atoms. The summed E-state index contributed by atoms with van der Waals surface area (Å²) in [5, 5.41) is 2.40. The van der Waals surface area contributed by atoms with Crippen molar-refractivity contribution in [3.05, 3.63) is 29.8 Å². The van der Waals surface area contributed by atoms with Crippen molar-refractivity contribution in [1.82, 2.24) is 5.32 Å². The molecule has 1 aromatic carbocycles. The van der Waals surface area contributed by atoms with Gasteiger partial charge in [0.25, 0.3) is 0 Å². The van der Waals surface area contributed by atoms with Crippen LogP contribution in [0.2, 0.25) is 0 Å². The lowest BCUT2D eigenvalue weighted by molar-refractivity contribution is -0.121. The van der Waals surface area contributed by atoms with Crippen LogP contribution in [0.3, 0.4) is 0 Å². The molecule has 0 aliphatic heterocycles. The zero-order valence-corrected chi connectivity index (χ0v) is 14.3. The van der Waals surface area contributed by atoms with Crippen LogP contribution in [0.25, 0.3) is 0 Å². The van der Waals surface area contributed by atoms with E-state index in [1.165, 1.54) is 0 Å². The topological polar surface area (TPSA) is 55.4 Å². The van der Waals surface area contributed by atoms with E-state index in [-0.39, 0.29) is 11.4 Å². The zero-order chi connectivity index (χ0) is 16.0. The summed E-state index contributed by atoms with van der Waals surface area (Å²) in [6.07, 6.45) is 0.827. The predicted molar refractivity (Wildman–Crippen MR) is 86.8 cm³/mol. The first-order valence-electron chi connectivity index (χ1n) is 7.11. The molecule has 0 heterocycles. The minimum Gasteiger partial charge on any atom is -0.497 e. The fourth-order valence-electron chi connectivity index (χ4n) is 1.69. The van der Waals surface area contributed by atoms with E-state index in [4.69, 9.17) is 4.74 Å². The van der Waals surface area contributed by atoms with Gasteiger partial charge in [0.2, 0.25) is 5.91 Å². The Balaban J connectivity index is 2.68. The molecule has 0 radical (unpaired) electrons. The molecule has 118 valence electrons. The Morgan fingerprint density at radius 1 is 1.43 bits per heavy atom. The first-order chi connectivity index (χ1) is 9.79. The van der Waals surface area contributed by atoms with Gasteiger partial charge < -0.3 is 10.1 Å². The van der Waals surface area contributed by atoms with E-state index in [0.717, 1.165) is 17.7 Å². The summed E-state index contributed by atoms with van der Waals surface area (Å²) in [6.45, 7) is 7.64. The molecule has 0 aliphatic rings. The monoisotopic (exact) mass is 311 g/mol. The van der Waals surface area contributed by atoms with E-state index in [0.29, 0.717) is 5.75 Å². The summed E-state index contributed by atoms with van der Waals surface area (Å²) in [5.74, 6) is 0.912. The molecule has 1 N–H and O–H groups in total. The van der Waals surface area contributed by atoms with Gasteiger partial charge >= 0.3 is 0 Å². The van der Waals surface area contributed by atoms with Crippen LogP contribution in [0.15, 0.2) is 24.3 Å². The first kappa shape index (κ1) is 17.7. The maximum absolute atomic E-state index is 12.3. The van der Waals surface area contributed by atoms with Crippen LogP contribution in [-0.2, 0) is 21.3 Å². The second kappa shape index (κ2) is 7.59. The highest BCUT2D eigenvalue weighted by Crippen LogP contribution is 2.16. The molecular weight excluding hydrogens is 286 g/mol. The molecular formula is C16H25NO3S. The lowest BCUT2D eigenvalue weighted by Crippen LogP contribution is -2.47. The van der Waals surface area contributed by atoms with Crippen molar-refractivity contribution in [3.8, 4) is 5.75 Å². The van der Waals surface area contributed by atoms with Crippen LogP contribution in [0, 0.1) is 0 Å². The minimum atomic E-state index is -1.26. The largest absolute Gasteiger partial charge is 0.497 e. The second-order valence-corrected chi connectivity index (χ2v) is 7.50. The lowest BCUT2D eigenvalue weighted by Gasteiger charge is -2.26. The van der Waals surface area contributed by atoms with Crippen LogP contribution in [-0.4, -0.2) is 28.0 Å². The van der Waals surface area contributed by atoms with Crippen LogP contribution in [0.5, 0.6) is 5.75 Å². The van der Waals surface area contributed by atoms with Crippen molar-refractivity contribution < 1.29 is 13.7 Å². The third-order valence-corrected chi connectivity index (χ3v) is 5.17. The molecule has 0 saturated carbocycles. The summed E-state index contributed by atoms with van der Waals surface area (Å²) < 4.78 is 17.5. The first-order valence-corrected chi connectivity index (χ1v) is 8.49. The molecule has 0 aliphatic carbocycles. The maximum Gasteiger partial charge on any atom is 0.235 e. The number of hydrogen-bond acceptors (Lipinski definition) is 3. The Morgan fingerprint density at radius 2 is 2.10 bits per heavy atom. The maximum atomic E-state index is 12.3. The van der Waals surface area contributed by atoms with E-state index in [9.17, 15) is 9.00 Å². The molecule has 0 aromatic heterocycles.